The Bertz CT molecular complexity index is 1210. The highest BCUT2D eigenvalue weighted by Crippen LogP contribution is 2.58. The Kier molecular flexibility index (Phi) is 8.25. The molecule has 0 aromatic heterocycles. The highest BCUT2D eigenvalue weighted by molar-refractivity contribution is 6.02. The van der Waals surface area contributed by atoms with Crippen LogP contribution in [0, 0.1) is 11.8 Å². The molecule has 2 N–H and O–H groups in total. The molecule has 0 radical (unpaired) electrons. The van der Waals surface area contributed by atoms with E-state index in [0.29, 0.717) is 38.0 Å². The van der Waals surface area contributed by atoms with Gasteiger partial charge in [0.15, 0.2) is 0 Å². The number of amides is 3. The molecular weight excluding hydrogens is 561 g/mol. The second kappa shape index (κ2) is 11.7. The molecule has 6 rings (SSSR count). The van der Waals surface area contributed by atoms with E-state index in [9.17, 15) is 27.6 Å². The summed E-state index contributed by atoms with van der Waals surface area (Å²) in [5, 5.41) is 5.97. The average Bonchev–Trinajstić information content (AvgIpc) is 3.57. The van der Waals surface area contributed by atoms with Crippen molar-refractivity contribution < 1.29 is 32.3 Å². The van der Waals surface area contributed by atoms with E-state index in [2.05, 4.69) is 29.4 Å². The van der Waals surface area contributed by atoms with E-state index >= 15 is 0 Å². The Morgan fingerprint density at radius 1 is 1.02 bits per heavy atom. The van der Waals surface area contributed by atoms with Crippen molar-refractivity contribution in [3.05, 3.63) is 29.8 Å². The molecule has 5 atom stereocenters. The van der Waals surface area contributed by atoms with E-state index in [1.165, 1.54) is 18.6 Å². The van der Waals surface area contributed by atoms with Crippen molar-refractivity contribution in [2.45, 2.75) is 120 Å². The van der Waals surface area contributed by atoms with Gasteiger partial charge in [0, 0.05) is 36.9 Å². The number of benzene rings is 1. The van der Waals surface area contributed by atoms with Crippen LogP contribution in [-0.4, -0.2) is 76.5 Å². The van der Waals surface area contributed by atoms with Crippen molar-refractivity contribution in [3.8, 4) is 0 Å². The Hall–Kier alpha value is -2.66. The first-order valence-electron chi connectivity index (χ1n) is 16.0. The first-order valence-corrected chi connectivity index (χ1v) is 16.0. The topological polar surface area (TPSA) is 91.0 Å². The third kappa shape index (κ3) is 5.56. The van der Waals surface area contributed by atoms with E-state index < -0.39 is 47.2 Å². The molecule has 2 bridgehead atoms. The zero-order valence-corrected chi connectivity index (χ0v) is 25.0. The van der Waals surface area contributed by atoms with Crippen LogP contribution in [0.1, 0.15) is 83.6 Å². The number of carbonyl (C=O) groups is 3. The van der Waals surface area contributed by atoms with E-state index in [-0.39, 0.29) is 23.5 Å². The summed E-state index contributed by atoms with van der Waals surface area (Å²) in [6, 6.07) is 4.28. The van der Waals surface area contributed by atoms with Crippen molar-refractivity contribution >= 4 is 23.4 Å². The molecule has 5 fully saturated rings. The molecular formula is C32H43F3N4O4. The highest BCUT2D eigenvalue weighted by Gasteiger charge is 2.74. The molecule has 2 saturated carbocycles. The Morgan fingerprint density at radius 2 is 1.72 bits per heavy atom. The van der Waals surface area contributed by atoms with Crippen molar-refractivity contribution in [1.82, 2.24) is 15.1 Å². The lowest BCUT2D eigenvalue weighted by Gasteiger charge is -2.42. The summed E-state index contributed by atoms with van der Waals surface area (Å²) in [4.78, 5) is 46.1. The number of alkyl halides is 3. The van der Waals surface area contributed by atoms with Gasteiger partial charge in [0.05, 0.1) is 23.5 Å². The van der Waals surface area contributed by atoms with Crippen molar-refractivity contribution in [1.29, 1.82) is 0 Å². The van der Waals surface area contributed by atoms with Gasteiger partial charge in [-0.15, -0.1) is 0 Å². The molecule has 3 aliphatic heterocycles. The van der Waals surface area contributed by atoms with Crippen LogP contribution < -0.4 is 10.6 Å². The summed E-state index contributed by atoms with van der Waals surface area (Å²) in [5.41, 5.74) is -1.68. The van der Waals surface area contributed by atoms with Gasteiger partial charge in [-0.1, -0.05) is 25.7 Å². The maximum atomic E-state index is 14.3. The summed E-state index contributed by atoms with van der Waals surface area (Å²) < 4.78 is 45.7. The van der Waals surface area contributed by atoms with Crippen LogP contribution in [0.3, 0.4) is 0 Å². The van der Waals surface area contributed by atoms with Gasteiger partial charge in [0.2, 0.25) is 17.7 Å². The van der Waals surface area contributed by atoms with Crippen LogP contribution in [-0.2, 0) is 25.3 Å². The fraction of sp³-hybridized carbons (Fsp3) is 0.719. The first kappa shape index (κ1) is 30.4. The van der Waals surface area contributed by atoms with Gasteiger partial charge in [-0.25, -0.2) is 0 Å². The summed E-state index contributed by atoms with van der Waals surface area (Å²) >= 11 is 0. The molecule has 1 aromatic rings. The zero-order valence-electron chi connectivity index (χ0n) is 25.0. The monoisotopic (exact) mass is 604 g/mol. The summed E-state index contributed by atoms with van der Waals surface area (Å²) in [6.07, 6.45) is 4.57. The molecule has 3 amide bonds. The fourth-order valence-electron chi connectivity index (χ4n) is 8.29. The fourth-order valence-corrected chi connectivity index (χ4v) is 8.29. The minimum atomic E-state index is -4.48. The number of nitrogens with zero attached hydrogens (tertiary/aromatic N) is 2. The van der Waals surface area contributed by atoms with E-state index in [1.54, 1.807) is 4.90 Å². The summed E-state index contributed by atoms with van der Waals surface area (Å²) in [6.45, 7) is 5.31. The van der Waals surface area contributed by atoms with Gasteiger partial charge in [0.1, 0.15) is 11.6 Å². The van der Waals surface area contributed by atoms with Crippen LogP contribution >= 0.6 is 0 Å². The lowest BCUT2D eigenvalue weighted by molar-refractivity contribution is -0.142. The Morgan fingerprint density at radius 3 is 2.33 bits per heavy atom. The number of hydrogen-bond donors (Lipinski definition) is 2. The van der Waals surface area contributed by atoms with Gasteiger partial charge < -0.3 is 20.3 Å². The van der Waals surface area contributed by atoms with E-state index in [0.717, 1.165) is 57.1 Å². The third-order valence-corrected chi connectivity index (χ3v) is 10.6. The third-order valence-electron chi connectivity index (χ3n) is 10.6. The van der Waals surface area contributed by atoms with Crippen LogP contribution in [0.25, 0.3) is 0 Å². The lowest BCUT2D eigenvalue weighted by Crippen LogP contribution is -2.58. The largest absolute Gasteiger partial charge is 0.416 e. The molecule has 3 saturated heterocycles. The van der Waals surface area contributed by atoms with Gasteiger partial charge in [0.25, 0.3) is 0 Å². The number of likely N-dealkylation sites (tertiary alicyclic amines) is 1. The minimum Gasteiger partial charge on any atom is -0.367 e. The molecule has 2 aliphatic carbocycles. The highest BCUT2D eigenvalue weighted by atomic mass is 19.4. The standard InChI is InChI=1S/C32H43F3N4O4/c1-19(2)38(23-9-6-10-23)17-18-39-27(29(41)37-21-7-4-3-5-8-21)31-16-15-24(43-31)25(26(31)30(39)42)28(40)36-22-13-11-20(12-14-22)32(33,34)35/h11-14,19,21,23-27H,3-10,15-18H2,1-2H3,(H,36,40)(H,37,41). The Labute approximate surface area is 251 Å². The van der Waals surface area contributed by atoms with Crippen molar-refractivity contribution in [2.24, 2.45) is 11.8 Å². The molecule has 5 unspecified atom stereocenters. The maximum Gasteiger partial charge on any atom is 0.416 e. The number of halogens is 3. The second-order valence-electron chi connectivity index (χ2n) is 13.4. The molecule has 11 heteroatoms. The molecule has 43 heavy (non-hydrogen) atoms. The molecule has 8 nitrogen and oxygen atoms in total. The van der Waals surface area contributed by atoms with E-state index in [1.807, 2.05) is 0 Å². The minimum absolute atomic E-state index is 0.0631. The molecule has 3 heterocycles. The predicted molar refractivity (Wildman–Crippen MR) is 154 cm³/mol. The Balaban J connectivity index is 1.25. The van der Waals surface area contributed by atoms with Crippen LogP contribution in [0.2, 0.25) is 0 Å². The number of nitrogens with one attached hydrogen (secondary N) is 2. The van der Waals surface area contributed by atoms with Crippen molar-refractivity contribution in [3.63, 3.8) is 0 Å². The van der Waals surface area contributed by atoms with Gasteiger partial charge in [-0.3, -0.25) is 19.3 Å². The summed E-state index contributed by atoms with van der Waals surface area (Å²) in [7, 11) is 0. The zero-order chi connectivity index (χ0) is 30.5. The normalized spacial score (nSPS) is 31.0. The number of rotatable bonds is 9. The molecule has 5 aliphatic rings. The predicted octanol–water partition coefficient (Wildman–Crippen LogP) is 4.73. The van der Waals surface area contributed by atoms with Crippen LogP contribution in [0.5, 0.6) is 0 Å². The number of hydrogen-bond acceptors (Lipinski definition) is 5. The average molecular weight is 605 g/mol. The molecule has 1 spiro atoms. The van der Waals surface area contributed by atoms with E-state index in [4.69, 9.17) is 4.74 Å². The second-order valence-corrected chi connectivity index (χ2v) is 13.4. The number of fused-ring (bicyclic) bond motifs is 1. The van der Waals surface area contributed by atoms with Gasteiger partial charge >= 0.3 is 6.18 Å². The maximum absolute atomic E-state index is 14.3. The van der Waals surface area contributed by atoms with Gasteiger partial charge in [-0.2, -0.15) is 13.2 Å². The summed E-state index contributed by atoms with van der Waals surface area (Å²) in [5.74, 6) is -2.55. The van der Waals surface area contributed by atoms with Crippen molar-refractivity contribution in [2.75, 3.05) is 18.4 Å². The quantitative estimate of drug-likeness (QED) is 0.426. The van der Waals surface area contributed by atoms with Gasteiger partial charge in [-0.05, 0) is 76.6 Å². The number of ether oxygens (including phenoxy) is 1. The molecule has 1 aromatic carbocycles. The smallest absolute Gasteiger partial charge is 0.367 e. The number of carbonyl (C=O) groups excluding carboxylic acids is 3. The van der Waals surface area contributed by atoms with Crippen LogP contribution in [0.4, 0.5) is 18.9 Å². The molecule has 236 valence electrons. The van der Waals surface area contributed by atoms with Crippen LogP contribution in [0.15, 0.2) is 24.3 Å². The lowest BCUT2D eigenvalue weighted by atomic mass is 9.70. The SMILES string of the molecule is CC(C)N(CCN1C(=O)C2C(C(=O)Nc3ccc(C(F)(F)F)cc3)C3CCC2(O3)C1C(=O)NC1CCCCC1)C1CCC1. The first-order chi connectivity index (χ1) is 20.5. The number of anilines is 1.